The summed E-state index contributed by atoms with van der Waals surface area (Å²) in [5, 5.41) is 1.54. The van der Waals surface area contributed by atoms with Crippen LogP contribution in [0.25, 0.3) is 0 Å². The predicted molar refractivity (Wildman–Crippen MR) is 66.5 cm³/mol. The lowest BCUT2D eigenvalue weighted by atomic mass is 10.2. The Labute approximate surface area is 104 Å². The van der Waals surface area contributed by atoms with E-state index in [1.54, 1.807) is 18.0 Å². The van der Waals surface area contributed by atoms with E-state index in [4.69, 9.17) is 17.3 Å². The van der Waals surface area contributed by atoms with Gasteiger partial charge in [-0.3, -0.25) is 0 Å². The monoisotopic (exact) mass is 249 g/mol. The Kier molecular flexibility index (Phi) is 3.83. The largest absolute Gasteiger partial charge is 0.326 e. The van der Waals surface area contributed by atoms with E-state index < -0.39 is 0 Å². The highest BCUT2D eigenvalue weighted by atomic mass is 35.5. The Bertz CT molecular complexity index is 474. The fourth-order valence-electron chi connectivity index (χ4n) is 1.28. The predicted octanol–water partition coefficient (Wildman–Crippen LogP) is 3.15. The molecule has 81 valence electrons. The summed E-state index contributed by atoms with van der Waals surface area (Å²) in [6.45, 7) is 0.468. The van der Waals surface area contributed by atoms with Crippen molar-refractivity contribution in [1.82, 2.24) is 4.98 Å². The van der Waals surface area contributed by atoms with Crippen molar-refractivity contribution in [2.24, 2.45) is 5.73 Å². The Morgan fingerprint density at radius 1 is 1.44 bits per heavy atom. The third-order valence-electron chi connectivity index (χ3n) is 2.03. The number of pyridine rings is 1. The molecule has 16 heavy (non-hydrogen) atoms. The summed E-state index contributed by atoms with van der Waals surface area (Å²) in [7, 11) is 0. The summed E-state index contributed by atoms with van der Waals surface area (Å²) < 4.78 is 0. The molecule has 0 atom stereocenters. The van der Waals surface area contributed by atoms with E-state index in [9.17, 15) is 0 Å². The summed E-state index contributed by atoms with van der Waals surface area (Å²) >= 11 is 7.45. The zero-order chi connectivity index (χ0) is 11.4. The van der Waals surface area contributed by atoms with E-state index in [1.165, 1.54) is 0 Å². The SMILES string of the molecule is NCc1cc(Cl)ccc1Sc1[c]cccn1. The second-order valence-corrected chi connectivity index (χ2v) is 4.61. The number of rotatable bonds is 3. The van der Waals surface area contributed by atoms with Gasteiger partial charge in [-0.05, 0) is 29.8 Å². The van der Waals surface area contributed by atoms with Gasteiger partial charge in [0.15, 0.2) is 0 Å². The highest BCUT2D eigenvalue weighted by molar-refractivity contribution is 7.99. The van der Waals surface area contributed by atoms with Crippen LogP contribution in [-0.4, -0.2) is 4.98 Å². The third-order valence-corrected chi connectivity index (χ3v) is 3.30. The maximum atomic E-state index is 5.91. The first kappa shape index (κ1) is 11.5. The van der Waals surface area contributed by atoms with E-state index in [0.29, 0.717) is 11.6 Å². The van der Waals surface area contributed by atoms with Gasteiger partial charge in [-0.15, -0.1) is 0 Å². The Morgan fingerprint density at radius 3 is 3.00 bits per heavy atom. The molecule has 0 fully saturated rings. The lowest BCUT2D eigenvalue weighted by molar-refractivity contribution is 1.02. The Hall–Kier alpha value is -1.03. The van der Waals surface area contributed by atoms with Gasteiger partial charge in [0.2, 0.25) is 0 Å². The molecule has 1 heterocycles. The molecule has 1 aromatic carbocycles. The van der Waals surface area contributed by atoms with Crippen LogP contribution in [0, 0.1) is 6.07 Å². The number of nitrogens with two attached hydrogens (primary N) is 1. The molecular formula is C12H10ClN2S. The van der Waals surface area contributed by atoms with E-state index >= 15 is 0 Å². The van der Waals surface area contributed by atoms with Crippen LogP contribution < -0.4 is 5.73 Å². The molecular weight excluding hydrogens is 240 g/mol. The van der Waals surface area contributed by atoms with Gasteiger partial charge >= 0.3 is 0 Å². The topological polar surface area (TPSA) is 38.9 Å². The molecule has 0 spiro atoms. The quantitative estimate of drug-likeness (QED) is 0.908. The van der Waals surface area contributed by atoms with Gasteiger partial charge in [0.05, 0.1) is 0 Å². The van der Waals surface area contributed by atoms with Crippen molar-refractivity contribution >= 4 is 23.4 Å². The van der Waals surface area contributed by atoms with Gasteiger partial charge in [0, 0.05) is 28.7 Å². The van der Waals surface area contributed by atoms with Crippen molar-refractivity contribution in [3.05, 3.63) is 53.2 Å². The first-order chi connectivity index (χ1) is 7.79. The summed E-state index contributed by atoms with van der Waals surface area (Å²) in [5.74, 6) is 0. The highest BCUT2D eigenvalue weighted by Crippen LogP contribution is 2.30. The minimum Gasteiger partial charge on any atom is -0.326 e. The van der Waals surface area contributed by atoms with E-state index in [2.05, 4.69) is 11.1 Å². The zero-order valence-electron chi connectivity index (χ0n) is 8.48. The maximum absolute atomic E-state index is 5.91. The zero-order valence-corrected chi connectivity index (χ0v) is 10.1. The molecule has 0 aliphatic heterocycles. The third kappa shape index (κ3) is 2.76. The minimum atomic E-state index is 0.468. The smallest absolute Gasteiger partial charge is 0.109 e. The molecule has 0 aliphatic rings. The fourth-order valence-corrected chi connectivity index (χ4v) is 2.33. The van der Waals surface area contributed by atoms with Gasteiger partial charge in [-0.1, -0.05) is 29.4 Å². The summed E-state index contributed by atoms with van der Waals surface area (Å²) in [6.07, 6.45) is 1.75. The van der Waals surface area contributed by atoms with Crippen LogP contribution in [-0.2, 0) is 6.54 Å². The molecule has 1 aromatic heterocycles. The van der Waals surface area contributed by atoms with Crippen molar-refractivity contribution in [1.29, 1.82) is 0 Å². The van der Waals surface area contributed by atoms with Crippen molar-refractivity contribution in [2.45, 2.75) is 16.5 Å². The molecule has 2 N–H and O–H groups in total. The molecule has 2 nitrogen and oxygen atoms in total. The van der Waals surface area contributed by atoms with Gasteiger partial charge in [0.25, 0.3) is 0 Å². The second-order valence-electron chi connectivity index (χ2n) is 3.15. The highest BCUT2D eigenvalue weighted by Gasteiger charge is 2.04. The number of halogens is 1. The normalized spacial score (nSPS) is 10.4. The molecule has 0 aliphatic carbocycles. The molecule has 4 heteroatoms. The van der Waals surface area contributed by atoms with Crippen LogP contribution in [0.5, 0.6) is 0 Å². The van der Waals surface area contributed by atoms with Crippen LogP contribution >= 0.6 is 23.4 Å². The van der Waals surface area contributed by atoms with Crippen molar-refractivity contribution in [3.8, 4) is 0 Å². The van der Waals surface area contributed by atoms with Crippen LogP contribution in [0.1, 0.15) is 5.56 Å². The van der Waals surface area contributed by atoms with Gasteiger partial charge in [-0.2, -0.15) is 0 Å². The minimum absolute atomic E-state index is 0.468. The second kappa shape index (κ2) is 5.34. The molecule has 0 bridgehead atoms. The molecule has 0 saturated carbocycles. The Morgan fingerprint density at radius 2 is 2.31 bits per heavy atom. The summed E-state index contributed by atoms with van der Waals surface area (Å²) in [4.78, 5) is 5.28. The molecule has 0 saturated heterocycles. The number of hydrogen-bond donors (Lipinski definition) is 1. The number of benzene rings is 1. The average molecular weight is 250 g/mol. The Balaban J connectivity index is 2.28. The van der Waals surface area contributed by atoms with Crippen LogP contribution in [0.4, 0.5) is 0 Å². The standard InChI is InChI=1S/C12H10ClN2S/c13-10-4-5-11(9(7-10)8-14)16-12-3-1-2-6-15-12/h1-2,4-7H,8,14H2. The number of nitrogens with zero attached hydrogens (tertiary/aromatic N) is 1. The summed E-state index contributed by atoms with van der Waals surface area (Å²) in [6, 6.07) is 12.4. The van der Waals surface area contributed by atoms with E-state index in [1.807, 2.05) is 30.3 Å². The lowest BCUT2D eigenvalue weighted by Crippen LogP contribution is -1.98. The first-order valence-corrected chi connectivity index (χ1v) is 5.98. The van der Waals surface area contributed by atoms with Gasteiger partial charge in [0.1, 0.15) is 5.03 Å². The molecule has 0 amide bonds. The number of aromatic nitrogens is 1. The molecule has 1 radical (unpaired) electrons. The van der Waals surface area contributed by atoms with E-state index in [-0.39, 0.29) is 0 Å². The molecule has 2 rings (SSSR count). The summed E-state index contributed by atoms with van der Waals surface area (Å²) in [5.41, 5.74) is 6.70. The maximum Gasteiger partial charge on any atom is 0.109 e. The average Bonchev–Trinajstić information content (AvgIpc) is 2.33. The van der Waals surface area contributed by atoms with E-state index in [0.717, 1.165) is 15.5 Å². The van der Waals surface area contributed by atoms with Crippen LogP contribution in [0.15, 0.2) is 46.5 Å². The lowest BCUT2D eigenvalue weighted by Gasteiger charge is -2.06. The van der Waals surface area contributed by atoms with Crippen LogP contribution in [0.3, 0.4) is 0 Å². The van der Waals surface area contributed by atoms with Crippen molar-refractivity contribution in [2.75, 3.05) is 0 Å². The van der Waals surface area contributed by atoms with Gasteiger partial charge < -0.3 is 5.73 Å². The van der Waals surface area contributed by atoms with Gasteiger partial charge in [-0.25, -0.2) is 4.98 Å². The molecule has 0 unspecified atom stereocenters. The van der Waals surface area contributed by atoms with Crippen molar-refractivity contribution in [3.63, 3.8) is 0 Å². The number of hydrogen-bond acceptors (Lipinski definition) is 3. The van der Waals surface area contributed by atoms with Crippen molar-refractivity contribution < 1.29 is 0 Å². The fraction of sp³-hybridized carbons (Fsp3) is 0.0833. The molecule has 2 aromatic rings. The first-order valence-electron chi connectivity index (χ1n) is 4.78. The van der Waals surface area contributed by atoms with Crippen LogP contribution in [0.2, 0.25) is 5.02 Å².